The first-order chi connectivity index (χ1) is 14.4. The summed E-state index contributed by atoms with van der Waals surface area (Å²) in [5, 5.41) is 2.97. The average molecular weight is 452 g/mol. The van der Waals surface area contributed by atoms with Gasteiger partial charge in [0.05, 0.1) is 12.2 Å². The minimum absolute atomic E-state index is 0.0808. The van der Waals surface area contributed by atoms with Crippen molar-refractivity contribution in [1.29, 1.82) is 0 Å². The van der Waals surface area contributed by atoms with Crippen molar-refractivity contribution in [3.05, 3.63) is 58.6 Å². The first-order valence-electron chi connectivity index (χ1n) is 8.90. The van der Waals surface area contributed by atoms with Crippen LogP contribution in [-0.4, -0.2) is 43.9 Å². The van der Waals surface area contributed by atoms with Crippen molar-refractivity contribution in [1.82, 2.24) is 16.2 Å². The van der Waals surface area contributed by atoms with Crippen molar-refractivity contribution in [2.24, 2.45) is 0 Å². The van der Waals surface area contributed by atoms with Crippen LogP contribution in [0.3, 0.4) is 0 Å². The summed E-state index contributed by atoms with van der Waals surface area (Å²) in [6, 6.07) is 11.8. The van der Waals surface area contributed by atoms with Crippen LogP contribution in [0.15, 0.2) is 42.5 Å². The number of rotatable bonds is 8. The number of thiocarbonyl (C=S) groups is 1. The number of nitrogens with one attached hydrogen (secondary N) is 3. The van der Waals surface area contributed by atoms with Gasteiger partial charge in [0, 0.05) is 12.1 Å². The molecule has 2 amide bonds. The molecule has 30 heavy (non-hydrogen) atoms. The van der Waals surface area contributed by atoms with Gasteiger partial charge in [0.2, 0.25) is 0 Å². The molecule has 3 N–H and O–H groups in total. The van der Waals surface area contributed by atoms with E-state index in [1.807, 2.05) is 6.92 Å². The van der Waals surface area contributed by atoms with Crippen molar-refractivity contribution in [2.45, 2.75) is 6.92 Å². The Bertz CT molecular complexity index is 910. The molecule has 0 atom stereocenters. The molecule has 2 aromatic carbocycles. The zero-order chi connectivity index (χ0) is 21.9. The Labute approximate surface area is 184 Å². The quantitative estimate of drug-likeness (QED) is 0.322. The summed E-state index contributed by atoms with van der Waals surface area (Å²) in [7, 11) is 1.56. The minimum atomic E-state index is -0.484. The van der Waals surface area contributed by atoms with Gasteiger partial charge in [-0.2, -0.15) is 0 Å². The smallest absolute Gasteiger partial charge is 0.276 e. The number of hydrogen-bond acceptors (Lipinski definition) is 6. The van der Waals surface area contributed by atoms with Gasteiger partial charge in [-0.25, -0.2) is 0 Å². The van der Waals surface area contributed by atoms with E-state index in [4.69, 9.17) is 38.0 Å². The summed E-state index contributed by atoms with van der Waals surface area (Å²) in [5.74, 6) is -0.0341. The highest BCUT2D eigenvalue weighted by Gasteiger charge is 2.14. The first-order valence-corrected chi connectivity index (χ1v) is 9.69. The van der Waals surface area contributed by atoms with Crippen LogP contribution in [-0.2, 0) is 9.53 Å². The molecule has 0 radical (unpaired) electrons. The third kappa shape index (κ3) is 7.51. The predicted molar refractivity (Wildman–Crippen MR) is 117 cm³/mol. The molecule has 0 saturated carbocycles. The number of amides is 2. The number of hydrazine groups is 1. The molecule has 0 unspecified atom stereocenters. The molecule has 2 rings (SSSR count). The number of aryl methyl sites for hydroxylation is 1. The SMILES string of the molecule is COCCOc1ccccc1C(=O)NC(=S)NNC(=O)COc1ccc(Cl)cc1C. The highest BCUT2D eigenvalue weighted by Crippen LogP contribution is 2.21. The monoisotopic (exact) mass is 451 g/mol. The van der Waals surface area contributed by atoms with E-state index >= 15 is 0 Å². The van der Waals surface area contributed by atoms with Gasteiger partial charge in [0.1, 0.15) is 18.1 Å². The Morgan fingerprint density at radius 2 is 1.80 bits per heavy atom. The van der Waals surface area contributed by atoms with Crippen LogP contribution in [0.2, 0.25) is 5.02 Å². The van der Waals surface area contributed by atoms with Crippen molar-refractivity contribution < 1.29 is 23.8 Å². The number of hydrogen-bond donors (Lipinski definition) is 3. The van der Waals surface area contributed by atoms with Gasteiger partial charge >= 0.3 is 0 Å². The molecule has 0 aromatic heterocycles. The van der Waals surface area contributed by atoms with Crippen LogP contribution in [0, 0.1) is 6.92 Å². The Balaban J connectivity index is 1.80. The van der Waals surface area contributed by atoms with Crippen molar-refractivity contribution in [3.8, 4) is 11.5 Å². The lowest BCUT2D eigenvalue weighted by Crippen LogP contribution is -2.49. The van der Waals surface area contributed by atoms with E-state index in [1.54, 1.807) is 49.6 Å². The van der Waals surface area contributed by atoms with Crippen LogP contribution in [0.4, 0.5) is 0 Å². The second-order valence-electron chi connectivity index (χ2n) is 5.99. The molecule has 10 heteroatoms. The largest absolute Gasteiger partial charge is 0.490 e. The van der Waals surface area contributed by atoms with Gasteiger partial charge < -0.3 is 14.2 Å². The number of ether oxygens (including phenoxy) is 3. The van der Waals surface area contributed by atoms with Crippen LogP contribution in [0.5, 0.6) is 11.5 Å². The van der Waals surface area contributed by atoms with Gasteiger partial charge in [0.15, 0.2) is 11.7 Å². The minimum Gasteiger partial charge on any atom is -0.490 e. The zero-order valence-electron chi connectivity index (χ0n) is 16.5. The molecule has 0 heterocycles. The summed E-state index contributed by atoms with van der Waals surface area (Å²) >= 11 is 10.9. The van der Waals surface area contributed by atoms with Crippen molar-refractivity contribution in [2.75, 3.05) is 26.9 Å². The second kappa shape index (κ2) is 12.0. The molecular formula is C20H22ClN3O5S. The van der Waals surface area contributed by atoms with E-state index in [2.05, 4.69) is 16.2 Å². The second-order valence-corrected chi connectivity index (χ2v) is 6.84. The van der Waals surface area contributed by atoms with Gasteiger partial charge in [-0.3, -0.25) is 25.8 Å². The summed E-state index contributed by atoms with van der Waals surface area (Å²) in [6.45, 7) is 2.26. The highest BCUT2D eigenvalue weighted by molar-refractivity contribution is 7.80. The number of methoxy groups -OCH3 is 1. The topological polar surface area (TPSA) is 97.9 Å². The maximum absolute atomic E-state index is 12.4. The lowest BCUT2D eigenvalue weighted by atomic mass is 10.2. The summed E-state index contributed by atoms with van der Waals surface area (Å²) in [6.07, 6.45) is 0. The molecular weight excluding hydrogens is 430 g/mol. The lowest BCUT2D eigenvalue weighted by molar-refractivity contribution is -0.123. The maximum Gasteiger partial charge on any atom is 0.276 e. The van der Waals surface area contributed by atoms with Crippen LogP contribution in [0.25, 0.3) is 0 Å². The third-order valence-corrected chi connectivity index (χ3v) is 4.15. The van der Waals surface area contributed by atoms with E-state index in [9.17, 15) is 9.59 Å². The number of halogens is 1. The summed E-state index contributed by atoms with van der Waals surface area (Å²) < 4.78 is 15.9. The normalized spacial score (nSPS) is 10.1. The highest BCUT2D eigenvalue weighted by atomic mass is 35.5. The predicted octanol–water partition coefficient (Wildman–Crippen LogP) is 2.39. The molecule has 0 fully saturated rings. The van der Waals surface area contributed by atoms with Crippen molar-refractivity contribution in [3.63, 3.8) is 0 Å². The molecule has 0 aliphatic carbocycles. The lowest BCUT2D eigenvalue weighted by Gasteiger charge is -2.14. The average Bonchev–Trinajstić information content (AvgIpc) is 2.72. The Hall–Kier alpha value is -2.88. The van der Waals surface area contributed by atoms with Crippen LogP contribution < -0.4 is 25.6 Å². The van der Waals surface area contributed by atoms with Gasteiger partial charge in [-0.15, -0.1) is 0 Å². The molecule has 8 nitrogen and oxygen atoms in total. The Kier molecular flexibility index (Phi) is 9.33. The third-order valence-electron chi connectivity index (χ3n) is 3.71. The number of benzene rings is 2. The summed E-state index contributed by atoms with van der Waals surface area (Å²) in [5.41, 5.74) is 5.91. The Morgan fingerprint density at radius 1 is 1.03 bits per heavy atom. The molecule has 2 aromatic rings. The number of carbonyl (C=O) groups is 2. The summed E-state index contributed by atoms with van der Waals surface area (Å²) in [4.78, 5) is 24.4. The molecule has 0 bridgehead atoms. The van der Waals surface area contributed by atoms with E-state index in [1.165, 1.54) is 0 Å². The molecule has 0 saturated heterocycles. The molecule has 0 aliphatic heterocycles. The first kappa shape index (κ1) is 23.4. The number of carbonyl (C=O) groups excluding carboxylic acids is 2. The van der Waals surface area contributed by atoms with E-state index in [0.29, 0.717) is 35.3 Å². The van der Waals surface area contributed by atoms with E-state index < -0.39 is 11.8 Å². The van der Waals surface area contributed by atoms with Crippen LogP contribution in [0.1, 0.15) is 15.9 Å². The standard InChI is InChI=1S/C20H22ClN3O5S/c1-13-11-14(21)7-8-16(13)29-12-18(25)23-24-20(30)22-19(26)15-5-3-4-6-17(15)28-10-9-27-2/h3-8,11H,9-10,12H2,1-2H3,(H,23,25)(H2,22,24,26,30). The van der Waals surface area contributed by atoms with Crippen molar-refractivity contribution >= 4 is 40.7 Å². The van der Waals surface area contributed by atoms with E-state index in [-0.39, 0.29) is 11.7 Å². The fourth-order valence-electron chi connectivity index (χ4n) is 2.30. The van der Waals surface area contributed by atoms with Crippen LogP contribution >= 0.6 is 23.8 Å². The number of para-hydroxylation sites is 1. The van der Waals surface area contributed by atoms with Gasteiger partial charge in [-0.05, 0) is 55.0 Å². The maximum atomic E-state index is 12.4. The van der Waals surface area contributed by atoms with Gasteiger partial charge in [-0.1, -0.05) is 23.7 Å². The van der Waals surface area contributed by atoms with E-state index in [0.717, 1.165) is 5.56 Å². The Morgan fingerprint density at radius 3 is 2.53 bits per heavy atom. The zero-order valence-corrected chi connectivity index (χ0v) is 18.1. The van der Waals surface area contributed by atoms with Gasteiger partial charge in [0.25, 0.3) is 11.8 Å². The fourth-order valence-corrected chi connectivity index (χ4v) is 2.67. The fraction of sp³-hybridized carbons (Fsp3) is 0.250. The molecule has 160 valence electrons. The molecule has 0 spiro atoms. The molecule has 0 aliphatic rings.